The van der Waals surface area contributed by atoms with Crippen molar-refractivity contribution in [2.45, 2.75) is 32.8 Å². The Morgan fingerprint density at radius 3 is 2.41 bits per heavy atom. The number of methoxy groups -OCH3 is 1. The Labute approximate surface area is 217 Å². The topological polar surface area (TPSA) is 123 Å². The number of rotatable bonds is 10. The van der Waals surface area contributed by atoms with Crippen LogP contribution in [0.15, 0.2) is 84.9 Å². The number of anilines is 3. The molecule has 0 aliphatic carbocycles. The average molecular weight is 504 g/mol. The van der Waals surface area contributed by atoms with Gasteiger partial charge in [-0.25, -0.2) is 4.79 Å². The van der Waals surface area contributed by atoms with Crippen LogP contribution in [0.2, 0.25) is 0 Å². The van der Waals surface area contributed by atoms with Gasteiger partial charge in [-0.2, -0.15) is 0 Å². The largest absolute Gasteiger partial charge is 0.504 e. The first kappa shape index (κ1) is 27.1. The van der Waals surface area contributed by atoms with Gasteiger partial charge in [0.1, 0.15) is 6.10 Å². The van der Waals surface area contributed by atoms with E-state index in [4.69, 9.17) is 15.2 Å². The highest BCUT2D eigenvalue weighted by molar-refractivity contribution is 6.01. The van der Waals surface area contributed by atoms with Gasteiger partial charge >= 0.3 is 6.09 Å². The summed E-state index contributed by atoms with van der Waals surface area (Å²) in [6.45, 7) is 3.93. The van der Waals surface area contributed by atoms with Crippen LogP contribution in [-0.4, -0.2) is 24.2 Å². The molecule has 0 aromatic heterocycles. The molecule has 0 spiro atoms. The number of hydrogen-bond acceptors (Lipinski definition) is 6. The maximum absolute atomic E-state index is 12.8. The first-order chi connectivity index (χ1) is 17.7. The van der Waals surface area contributed by atoms with Crippen LogP contribution in [0.1, 0.15) is 38.4 Å². The van der Waals surface area contributed by atoms with Crippen molar-refractivity contribution in [3.8, 4) is 11.5 Å². The maximum atomic E-state index is 12.8. The summed E-state index contributed by atoms with van der Waals surface area (Å²) in [6, 6.07) is 21.0. The van der Waals surface area contributed by atoms with Crippen molar-refractivity contribution in [2.75, 3.05) is 23.5 Å². The fraction of sp³-hybridized carbons (Fsp3) is 0.241. The van der Waals surface area contributed by atoms with Gasteiger partial charge in [0.05, 0.1) is 18.5 Å². The number of para-hydroxylation sites is 3. The Bertz CT molecular complexity index is 1240. The summed E-state index contributed by atoms with van der Waals surface area (Å²) in [5.41, 5.74) is 7.58. The Hall–Kier alpha value is -4.46. The molecule has 0 saturated carbocycles. The van der Waals surface area contributed by atoms with Gasteiger partial charge < -0.3 is 25.6 Å². The molecular formula is C29H33N3O5. The van der Waals surface area contributed by atoms with E-state index in [0.717, 1.165) is 0 Å². The number of allylic oxidation sites excluding steroid dienone is 1. The smallest absolute Gasteiger partial charge is 0.412 e. The minimum atomic E-state index is -0.695. The lowest BCUT2D eigenvalue weighted by molar-refractivity contribution is -0.111. The second kappa shape index (κ2) is 12.5. The van der Waals surface area contributed by atoms with Crippen molar-refractivity contribution in [1.82, 2.24) is 0 Å². The summed E-state index contributed by atoms with van der Waals surface area (Å²) in [7, 11) is 1.47. The minimum Gasteiger partial charge on any atom is -0.504 e. The summed E-state index contributed by atoms with van der Waals surface area (Å²) >= 11 is 0. The molecule has 0 fully saturated rings. The minimum absolute atomic E-state index is 0.0513. The molecule has 0 aliphatic rings. The summed E-state index contributed by atoms with van der Waals surface area (Å²) < 4.78 is 11.0. The van der Waals surface area contributed by atoms with Crippen LogP contribution in [0.5, 0.6) is 11.5 Å². The van der Waals surface area contributed by atoms with Gasteiger partial charge in [-0.1, -0.05) is 56.3 Å². The molecule has 194 valence electrons. The third-order valence-electron chi connectivity index (χ3n) is 5.90. The van der Waals surface area contributed by atoms with E-state index in [0.29, 0.717) is 41.2 Å². The molecule has 3 aromatic rings. The lowest BCUT2D eigenvalue weighted by atomic mass is 9.78. The van der Waals surface area contributed by atoms with Gasteiger partial charge in [-0.15, -0.1) is 0 Å². The predicted molar refractivity (Wildman–Crippen MR) is 146 cm³/mol. The Balaban J connectivity index is 1.71. The fourth-order valence-corrected chi connectivity index (χ4v) is 3.89. The van der Waals surface area contributed by atoms with E-state index in [2.05, 4.69) is 10.6 Å². The number of nitrogens with one attached hydrogen (secondary N) is 2. The molecule has 0 saturated heterocycles. The second-order valence-electron chi connectivity index (χ2n) is 9.21. The normalized spacial score (nSPS) is 12.1. The van der Waals surface area contributed by atoms with Crippen LogP contribution in [0.4, 0.5) is 21.9 Å². The van der Waals surface area contributed by atoms with Crippen LogP contribution < -0.4 is 21.1 Å². The molecule has 8 nitrogen and oxygen atoms in total. The van der Waals surface area contributed by atoms with Crippen LogP contribution in [0.3, 0.4) is 0 Å². The SMILES string of the molecule is COc1ccc([C@@H](OC(=O)Nc2ccccc2)C(C)(C)CC/C=C/C(=O)Nc2ccccc2N)cc1O. The number of ether oxygens (including phenoxy) is 2. The van der Waals surface area contributed by atoms with Gasteiger partial charge in [0, 0.05) is 11.1 Å². The number of carbonyl (C=O) groups excluding carboxylic acids is 2. The molecule has 0 bridgehead atoms. The molecular weight excluding hydrogens is 470 g/mol. The van der Waals surface area contributed by atoms with Gasteiger partial charge in [-0.3, -0.25) is 10.1 Å². The van der Waals surface area contributed by atoms with Crippen molar-refractivity contribution in [3.63, 3.8) is 0 Å². The van der Waals surface area contributed by atoms with E-state index in [-0.39, 0.29) is 11.7 Å². The number of nitrogens with two attached hydrogens (primary N) is 1. The van der Waals surface area contributed by atoms with Crippen molar-refractivity contribution >= 4 is 29.1 Å². The lowest BCUT2D eigenvalue weighted by Gasteiger charge is -2.34. The van der Waals surface area contributed by atoms with Gasteiger partial charge in [0.2, 0.25) is 5.91 Å². The number of carbonyl (C=O) groups is 2. The quantitative estimate of drug-likeness (QED) is 0.191. The van der Waals surface area contributed by atoms with Gasteiger partial charge in [-0.05, 0) is 60.9 Å². The van der Waals surface area contributed by atoms with Crippen molar-refractivity contribution in [1.29, 1.82) is 0 Å². The van der Waals surface area contributed by atoms with E-state index < -0.39 is 17.6 Å². The van der Waals surface area contributed by atoms with Crippen LogP contribution in [0, 0.1) is 5.41 Å². The predicted octanol–water partition coefficient (Wildman–Crippen LogP) is 6.27. The summed E-state index contributed by atoms with van der Waals surface area (Å²) in [6.07, 6.45) is 3.05. The monoisotopic (exact) mass is 503 g/mol. The molecule has 0 heterocycles. The highest BCUT2D eigenvalue weighted by atomic mass is 16.6. The third-order valence-corrected chi connectivity index (χ3v) is 5.90. The summed E-state index contributed by atoms with van der Waals surface area (Å²) in [5.74, 6) is -0.0162. The summed E-state index contributed by atoms with van der Waals surface area (Å²) in [5, 5.41) is 15.8. The first-order valence-electron chi connectivity index (χ1n) is 11.9. The molecule has 5 N–H and O–H groups in total. The molecule has 3 rings (SSSR count). The van der Waals surface area contributed by atoms with Crippen LogP contribution >= 0.6 is 0 Å². The first-order valence-corrected chi connectivity index (χ1v) is 11.9. The highest BCUT2D eigenvalue weighted by Crippen LogP contribution is 2.43. The van der Waals surface area contributed by atoms with Crippen molar-refractivity contribution in [3.05, 3.63) is 90.5 Å². The fourth-order valence-electron chi connectivity index (χ4n) is 3.89. The van der Waals surface area contributed by atoms with Crippen LogP contribution in [0.25, 0.3) is 0 Å². The number of phenols is 1. The Morgan fingerprint density at radius 2 is 1.73 bits per heavy atom. The summed E-state index contributed by atoms with van der Waals surface area (Å²) in [4.78, 5) is 25.1. The maximum Gasteiger partial charge on any atom is 0.412 e. The Kier molecular flexibility index (Phi) is 9.16. The van der Waals surface area contributed by atoms with Crippen LogP contribution in [-0.2, 0) is 9.53 Å². The number of amides is 2. The van der Waals surface area contributed by atoms with Crippen molar-refractivity contribution in [2.24, 2.45) is 5.41 Å². The molecule has 37 heavy (non-hydrogen) atoms. The molecule has 0 radical (unpaired) electrons. The average Bonchev–Trinajstić information content (AvgIpc) is 2.87. The van der Waals surface area contributed by atoms with Crippen molar-refractivity contribution < 1.29 is 24.2 Å². The third kappa shape index (κ3) is 7.76. The molecule has 8 heteroatoms. The number of nitrogen functional groups attached to an aromatic ring is 1. The van der Waals surface area contributed by atoms with E-state index >= 15 is 0 Å². The zero-order chi connectivity index (χ0) is 26.8. The zero-order valence-corrected chi connectivity index (χ0v) is 21.2. The number of phenolic OH excluding ortho intramolecular Hbond substituents is 1. The molecule has 2 amide bonds. The molecule has 3 aromatic carbocycles. The standard InChI is InChI=1S/C29H33N3O5/c1-29(2,18-10-9-15-26(34)32-23-14-8-7-13-22(23)30)27(20-16-17-25(36-3)24(33)19-20)37-28(35)31-21-11-5-4-6-12-21/h4-9,11-17,19,27,33H,10,18,30H2,1-3H3,(H,31,35)(H,32,34)/b15-9+/t27-/m1/s1. The van der Waals surface area contributed by atoms with E-state index in [1.807, 2.05) is 32.0 Å². The van der Waals surface area contributed by atoms with E-state index in [9.17, 15) is 14.7 Å². The lowest BCUT2D eigenvalue weighted by Crippen LogP contribution is -2.29. The number of benzene rings is 3. The molecule has 0 unspecified atom stereocenters. The zero-order valence-electron chi connectivity index (χ0n) is 21.2. The Morgan fingerprint density at radius 1 is 1.03 bits per heavy atom. The molecule has 0 aliphatic heterocycles. The van der Waals surface area contributed by atoms with Gasteiger partial charge in [0.15, 0.2) is 11.5 Å². The second-order valence-corrected chi connectivity index (χ2v) is 9.21. The van der Waals surface area contributed by atoms with E-state index in [1.54, 1.807) is 54.6 Å². The number of hydrogen-bond donors (Lipinski definition) is 4. The van der Waals surface area contributed by atoms with E-state index in [1.165, 1.54) is 19.3 Å². The highest BCUT2D eigenvalue weighted by Gasteiger charge is 2.34. The molecule has 1 atom stereocenters. The number of aromatic hydroxyl groups is 1. The van der Waals surface area contributed by atoms with Gasteiger partial charge in [0.25, 0.3) is 0 Å².